The lowest BCUT2D eigenvalue weighted by Gasteiger charge is -2.12. The minimum Gasteiger partial charge on any atom is -0.487 e. The predicted octanol–water partition coefficient (Wildman–Crippen LogP) is 1.81. The van der Waals surface area contributed by atoms with Crippen LogP contribution in [-0.2, 0) is 22.9 Å². The molecule has 0 bridgehead atoms. The van der Waals surface area contributed by atoms with Crippen molar-refractivity contribution in [3.63, 3.8) is 0 Å². The Labute approximate surface area is 135 Å². The van der Waals surface area contributed by atoms with Gasteiger partial charge >= 0.3 is 0 Å². The zero-order chi connectivity index (χ0) is 16.3. The average molecular weight is 333 g/mol. The summed E-state index contributed by atoms with van der Waals surface area (Å²) in [6.07, 6.45) is 2.14. The second-order valence-electron chi connectivity index (χ2n) is 5.38. The molecule has 122 valence electrons. The highest BCUT2D eigenvalue weighted by Gasteiger charge is 2.19. The van der Waals surface area contributed by atoms with Crippen LogP contribution >= 0.6 is 0 Å². The molecule has 2 heterocycles. The summed E-state index contributed by atoms with van der Waals surface area (Å²) in [7, 11) is -3.00. The van der Waals surface area contributed by atoms with Gasteiger partial charge in [0, 0.05) is 24.3 Å². The van der Waals surface area contributed by atoms with E-state index in [4.69, 9.17) is 4.74 Å². The van der Waals surface area contributed by atoms with Gasteiger partial charge in [-0.3, -0.25) is 0 Å². The van der Waals surface area contributed by atoms with E-state index in [1.54, 1.807) is 6.92 Å². The molecule has 23 heavy (non-hydrogen) atoms. The summed E-state index contributed by atoms with van der Waals surface area (Å²) in [5.41, 5.74) is 2.87. The van der Waals surface area contributed by atoms with Gasteiger partial charge in [0.25, 0.3) is 0 Å². The lowest BCUT2D eigenvalue weighted by atomic mass is 10.0. The van der Waals surface area contributed by atoms with E-state index in [2.05, 4.69) is 15.3 Å². The maximum atomic E-state index is 11.6. The summed E-state index contributed by atoms with van der Waals surface area (Å²) in [6, 6.07) is 7.87. The number of sulfone groups is 1. The molecule has 0 aliphatic carbocycles. The third-order valence-electron chi connectivity index (χ3n) is 3.88. The topological polar surface area (TPSA) is 81.2 Å². The number of hydrogen-bond donors (Lipinski definition) is 1. The maximum absolute atomic E-state index is 11.6. The molecule has 0 amide bonds. The maximum Gasteiger partial charge on any atom is 0.151 e. The van der Waals surface area contributed by atoms with Crippen molar-refractivity contribution >= 4 is 15.7 Å². The first-order valence-electron chi connectivity index (χ1n) is 7.57. The largest absolute Gasteiger partial charge is 0.487 e. The van der Waals surface area contributed by atoms with Crippen LogP contribution in [0, 0.1) is 0 Å². The van der Waals surface area contributed by atoms with Crippen molar-refractivity contribution in [3.05, 3.63) is 47.4 Å². The molecule has 3 rings (SSSR count). The van der Waals surface area contributed by atoms with Crippen molar-refractivity contribution in [3.8, 4) is 5.75 Å². The molecule has 1 aromatic carbocycles. The van der Waals surface area contributed by atoms with Crippen molar-refractivity contribution in [2.24, 2.45) is 0 Å². The minimum atomic E-state index is -3.00. The third kappa shape index (κ3) is 3.61. The Balaban J connectivity index is 1.82. The van der Waals surface area contributed by atoms with E-state index in [0.29, 0.717) is 25.4 Å². The molecular weight excluding hydrogens is 314 g/mol. The summed E-state index contributed by atoms with van der Waals surface area (Å²) in [4.78, 5) is 8.58. The predicted molar refractivity (Wildman–Crippen MR) is 88.4 cm³/mol. The fraction of sp³-hybridized carbons (Fsp3) is 0.375. The van der Waals surface area contributed by atoms with Crippen LogP contribution in [0.25, 0.3) is 0 Å². The van der Waals surface area contributed by atoms with Crippen LogP contribution < -0.4 is 10.1 Å². The lowest BCUT2D eigenvalue weighted by Crippen LogP contribution is -2.19. The van der Waals surface area contributed by atoms with E-state index in [1.807, 2.05) is 24.3 Å². The molecule has 1 aliphatic rings. The van der Waals surface area contributed by atoms with Crippen molar-refractivity contribution in [2.45, 2.75) is 20.0 Å². The smallest absolute Gasteiger partial charge is 0.151 e. The van der Waals surface area contributed by atoms with Crippen LogP contribution in [0.15, 0.2) is 30.6 Å². The number of rotatable bonds is 5. The van der Waals surface area contributed by atoms with E-state index in [9.17, 15) is 8.42 Å². The van der Waals surface area contributed by atoms with Crippen LogP contribution in [0.3, 0.4) is 0 Å². The van der Waals surface area contributed by atoms with Crippen molar-refractivity contribution in [1.29, 1.82) is 0 Å². The first-order chi connectivity index (χ1) is 11.1. The van der Waals surface area contributed by atoms with Gasteiger partial charge in [0.2, 0.25) is 0 Å². The fourth-order valence-corrected chi connectivity index (χ4v) is 3.21. The monoisotopic (exact) mass is 333 g/mol. The molecule has 0 atom stereocenters. The highest BCUT2D eigenvalue weighted by molar-refractivity contribution is 7.91. The number of aromatic nitrogens is 2. The average Bonchev–Trinajstić information content (AvgIpc) is 2.75. The van der Waals surface area contributed by atoms with Gasteiger partial charge in [-0.25, -0.2) is 18.4 Å². The Morgan fingerprint density at radius 2 is 2.09 bits per heavy atom. The van der Waals surface area contributed by atoms with Crippen LogP contribution in [0.1, 0.15) is 23.7 Å². The molecule has 1 N–H and O–H groups in total. The normalized spacial score (nSPS) is 13.4. The molecule has 6 nitrogen and oxygen atoms in total. The number of para-hydroxylation sites is 1. The standard InChI is InChI=1S/C16H19N3O3S/c1-2-23(20,21)8-7-17-16-13-9-12-5-3-4-6-15(12)22-10-14(13)18-11-19-16/h3-6,11H,2,7-10H2,1H3,(H,17,18,19). The highest BCUT2D eigenvalue weighted by atomic mass is 32.2. The van der Waals surface area contributed by atoms with Gasteiger partial charge in [-0.1, -0.05) is 25.1 Å². The van der Waals surface area contributed by atoms with E-state index in [0.717, 1.165) is 22.6 Å². The molecule has 1 aromatic heterocycles. The van der Waals surface area contributed by atoms with Gasteiger partial charge in [0.15, 0.2) is 9.84 Å². The lowest BCUT2D eigenvalue weighted by molar-refractivity contribution is 0.302. The molecule has 7 heteroatoms. The van der Waals surface area contributed by atoms with Gasteiger partial charge in [-0.05, 0) is 11.6 Å². The second kappa shape index (κ2) is 6.54. The Hall–Kier alpha value is -2.15. The number of ether oxygens (including phenoxy) is 1. The number of benzene rings is 1. The molecule has 0 saturated heterocycles. The summed E-state index contributed by atoms with van der Waals surface area (Å²) < 4.78 is 29.0. The Bertz CT molecular complexity index is 806. The van der Waals surface area contributed by atoms with Crippen LogP contribution in [0.5, 0.6) is 5.75 Å². The van der Waals surface area contributed by atoms with Crippen molar-refractivity contribution < 1.29 is 13.2 Å². The summed E-state index contributed by atoms with van der Waals surface area (Å²) in [5.74, 6) is 1.78. The summed E-state index contributed by atoms with van der Waals surface area (Å²) in [5, 5.41) is 3.14. The third-order valence-corrected chi connectivity index (χ3v) is 5.59. The van der Waals surface area contributed by atoms with Gasteiger partial charge in [-0.15, -0.1) is 0 Å². The number of nitrogens with one attached hydrogen (secondary N) is 1. The zero-order valence-electron chi connectivity index (χ0n) is 12.9. The molecule has 1 aliphatic heterocycles. The molecule has 0 fully saturated rings. The molecular formula is C16H19N3O3S. The first kappa shape index (κ1) is 15.7. The molecule has 0 spiro atoms. The molecule has 0 radical (unpaired) electrons. The molecule has 0 saturated carbocycles. The Morgan fingerprint density at radius 3 is 2.91 bits per heavy atom. The summed E-state index contributed by atoms with van der Waals surface area (Å²) >= 11 is 0. The van der Waals surface area contributed by atoms with Gasteiger partial charge in [-0.2, -0.15) is 0 Å². The van der Waals surface area contributed by atoms with E-state index in [-0.39, 0.29) is 11.5 Å². The second-order valence-corrected chi connectivity index (χ2v) is 7.86. The quantitative estimate of drug-likeness (QED) is 0.899. The zero-order valence-corrected chi connectivity index (χ0v) is 13.8. The number of anilines is 1. The number of fused-ring (bicyclic) bond motifs is 2. The van der Waals surface area contributed by atoms with Crippen molar-refractivity contribution in [1.82, 2.24) is 9.97 Å². The van der Waals surface area contributed by atoms with E-state index in [1.165, 1.54) is 6.33 Å². The number of nitrogens with zero attached hydrogens (tertiary/aromatic N) is 2. The van der Waals surface area contributed by atoms with Gasteiger partial charge in [0.05, 0.1) is 11.4 Å². The van der Waals surface area contributed by atoms with Crippen LogP contribution in [-0.4, -0.2) is 36.4 Å². The van der Waals surface area contributed by atoms with E-state index >= 15 is 0 Å². The van der Waals surface area contributed by atoms with Crippen LogP contribution in [0.2, 0.25) is 0 Å². The minimum absolute atomic E-state index is 0.0926. The molecule has 2 aromatic rings. The molecule has 0 unspecified atom stereocenters. The van der Waals surface area contributed by atoms with Crippen LogP contribution in [0.4, 0.5) is 5.82 Å². The fourth-order valence-electron chi connectivity index (χ4n) is 2.51. The van der Waals surface area contributed by atoms with Gasteiger partial charge < -0.3 is 10.1 Å². The Morgan fingerprint density at radius 1 is 1.26 bits per heavy atom. The number of hydrogen-bond acceptors (Lipinski definition) is 6. The summed E-state index contributed by atoms with van der Waals surface area (Å²) in [6.45, 7) is 2.37. The van der Waals surface area contributed by atoms with E-state index < -0.39 is 9.84 Å². The Kier molecular flexibility index (Phi) is 4.47. The first-order valence-corrected chi connectivity index (χ1v) is 9.39. The van der Waals surface area contributed by atoms with Crippen molar-refractivity contribution in [2.75, 3.05) is 23.4 Å². The SMILES string of the molecule is CCS(=O)(=O)CCNc1ncnc2c1Cc1ccccc1OC2. The highest BCUT2D eigenvalue weighted by Crippen LogP contribution is 2.29. The van der Waals surface area contributed by atoms with Gasteiger partial charge in [0.1, 0.15) is 24.5 Å².